The average molecular weight is 225 g/mol. The summed E-state index contributed by atoms with van der Waals surface area (Å²) in [6, 6.07) is 0.563. The Bertz CT molecular complexity index is 267. The highest BCUT2D eigenvalue weighted by Crippen LogP contribution is 2.25. The molecule has 1 N–H and O–H groups in total. The lowest BCUT2D eigenvalue weighted by molar-refractivity contribution is 0.504. The second-order valence-corrected chi connectivity index (χ2v) is 4.94. The van der Waals surface area contributed by atoms with Gasteiger partial charge in [-0.1, -0.05) is 32.6 Å². The monoisotopic (exact) mass is 225 g/mol. The first kappa shape index (κ1) is 12.7. The predicted molar refractivity (Wildman–Crippen MR) is 69.6 cm³/mol. The van der Waals surface area contributed by atoms with E-state index in [1.165, 1.54) is 43.2 Å². The first-order valence-electron chi connectivity index (χ1n) is 5.99. The van der Waals surface area contributed by atoms with E-state index in [1.54, 1.807) is 0 Å². The van der Waals surface area contributed by atoms with Crippen molar-refractivity contribution in [1.29, 1.82) is 0 Å². The zero-order valence-electron chi connectivity index (χ0n) is 10.2. The number of hydrogen-bond acceptors (Lipinski definition) is 2. The molecule has 2 heteroatoms. The third-order valence-corrected chi connectivity index (χ3v) is 3.85. The zero-order chi connectivity index (χ0) is 11.1. The Morgan fingerprint density at radius 2 is 2.07 bits per heavy atom. The van der Waals surface area contributed by atoms with Gasteiger partial charge in [-0.25, -0.2) is 0 Å². The molecule has 1 nitrogen and oxygen atoms in total. The van der Waals surface area contributed by atoms with Gasteiger partial charge in [0.2, 0.25) is 0 Å². The summed E-state index contributed by atoms with van der Waals surface area (Å²) < 4.78 is 0. The minimum Gasteiger partial charge on any atom is -0.313 e. The van der Waals surface area contributed by atoms with E-state index < -0.39 is 0 Å². The van der Waals surface area contributed by atoms with Crippen molar-refractivity contribution in [1.82, 2.24) is 5.32 Å². The number of thiophene rings is 1. The lowest BCUT2D eigenvalue weighted by Gasteiger charge is -2.16. The Labute approximate surface area is 97.9 Å². The van der Waals surface area contributed by atoms with Crippen molar-refractivity contribution in [3.8, 4) is 0 Å². The average Bonchev–Trinajstić information content (AvgIpc) is 2.65. The van der Waals surface area contributed by atoms with E-state index in [1.807, 2.05) is 11.3 Å². The van der Waals surface area contributed by atoms with Crippen molar-refractivity contribution in [2.75, 3.05) is 7.05 Å². The van der Waals surface area contributed by atoms with Crippen LogP contribution in [0.5, 0.6) is 0 Å². The minimum absolute atomic E-state index is 0.563. The van der Waals surface area contributed by atoms with Gasteiger partial charge < -0.3 is 5.32 Å². The summed E-state index contributed by atoms with van der Waals surface area (Å²) in [5.74, 6) is 0. The molecule has 0 saturated heterocycles. The zero-order valence-corrected chi connectivity index (χ0v) is 11.0. The highest BCUT2D eigenvalue weighted by molar-refractivity contribution is 7.08. The molecule has 0 aromatic carbocycles. The van der Waals surface area contributed by atoms with Gasteiger partial charge in [-0.2, -0.15) is 11.3 Å². The van der Waals surface area contributed by atoms with Gasteiger partial charge in [-0.05, 0) is 42.3 Å². The molecule has 0 fully saturated rings. The van der Waals surface area contributed by atoms with Crippen LogP contribution >= 0.6 is 11.3 Å². The summed E-state index contributed by atoms with van der Waals surface area (Å²) >= 11 is 1.81. The molecule has 1 rings (SSSR count). The predicted octanol–water partition coefficient (Wildman–Crippen LogP) is 4.29. The van der Waals surface area contributed by atoms with Crippen LogP contribution in [-0.4, -0.2) is 7.05 Å². The first-order valence-corrected chi connectivity index (χ1v) is 6.93. The molecular weight excluding hydrogens is 202 g/mol. The van der Waals surface area contributed by atoms with Crippen molar-refractivity contribution in [3.05, 3.63) is 21.9 Å². The highest BCUT2D eigenvalue weighted by Gasteiger charge is 2.11. The molecule has 0 bridgehead atoms. The van der Waals surface area contributed by atoms with Crippen molar-refractivity contribution >= 4 is 11.3 Å². The third kappa shape index (κ3) is 3.96. The fourth-order valence-electron chi connectivity index (χ4n) is 1.96. The molecule has 15 heavy (non-hydrogen) atoms. The molecule has 0 aliphatic heterocycles. The normalized spacial score (nSPS) is 13.0. The summed E-state index contributed by atoms with van der Waals surface area (Å²) in [6.07, 6.45) is 6.68. The Hall–Kier alpha value is -0.340. The van der Waals surface area contributed by atoms with Crippen LogP contribution in [0.15, 0.2) is 10.8 Å². The summed E-state index contributed by atoms with van der Waals surface area (Å²) in [5, 5.41) is 7.96. The molecule has 1 aromatic rings. The Morgan fingerprint density at radius 1 is 1.27 bits per heavy atom. The third-order valence-electron chi connectivity index (χ3n) is 2.97. The molecule has 1 heterocycles. The minimum atomic E-state index is 0.563. The number of unbranched alkanes of at least 4 members (excludes halogenated alkanes) is 3. The summed E-state index contributed by atoms with van der Waals surface area (Å²) in [4.78, 5) is 0. The second-order valence-electron chi connectivity index (χ2n) is 4.20. The first-order chi connectivity index (χ1) is 7.29. The van der Waals surface area contributed by atoms with Crippen molar-refractivity contribution in [2.24, 2.45) is 0 Å². The fourth-order valence-corrected chi connectivity index (χ4v) is 2.86. The van der Waals surface area contributed by atoms with Crippen LogP contribution in [0.25, 0.3) is 0 Å². The molecular formula is C13H23NS. The maximum Gasteiger partial charge on any atom is 0.0328 e. The quantitative estimate of drug-likeness (QED) is 0.683. The van der Waals surface area contributed by atoms with Crippen LogP contribution in [0.4, 0.5) is 0 Å². The molecule has 86 valence electrons. The Morgan fingerprint density at radius 3 is 2.60 bits per heavy atom. The van der Waals surface area contributed by atoms with Gasteiger partial charge in [0.15, 0.2) is 0 Å². The van der Waals surface area contributed by atoms with E-state index in [4.69, 9.17) is 0 Å². The van der Waals surface area contributed by atoms with Crippen LogP contribution in [-0.2, 0) is 0 Å². The Balaban J connectivity index is 2.39. The lowest BCUT2D eigenvalue weighted by atomic mass is 10.00. The standard InChI is InChI=1S/C13H23NS/c1-4-5-6-7-8-13(14-3)12-10-15-9-11(12)2/h9-10,13-14H,4-8H2,1-3H3. The van der Waals surface area contributed by atoms with Crippen LogP contribution in [0.3, 0.4) is 0 Å². The van der Waals surface area contributed by atoms with Crippen LogP contribution in [0.1, 0.15) is 56.2 Å². The number of rotatable bonds is 7. The summed E-state index contributed by atoms with van der Waals surface area (Å²) in [6.45, 7) is 4.47. The van der Waals surface area contributed by atoms with E-state index in [-0.39, 0.29) is 0 Å². The smallest absolute Gasteiger partial charge is 0.0328 e. The number of aryl methyl sites for hydroxylation is 1. The second kappa shape index (κ2) is 7.02. The largest absolute Gasteiger partial charge is 0.313 e. The van der Waals surface area contributed by atoms with Gasteiger partial charge in [0.1, 0.15) is 0 Å². The van der Waals surface area contributed by atoms with E-state index in [0.717, 1.165) is 0 Å². The fraction of sp³-hybridized carbons (Fsp3) is 0.692. The van der Waals surface area contributed by atoms with E-state index in [2.05, 4.69) is 37.0 Å². The van der Waals surface area contributed by atoms with E-state index in [0.29, 0.717) is 6.04 Å². The topological polar surface area (TPSA) is 12.0 Å². The molecule has 0 spiro atoms. The highest BCUT2D eigenvalue weighted by atomic mass is 32.1. The van der Waals surface area contributed by atoms with Crippen molar-refractivity contribution in [3.63, 3.8) is 0 Å². The van der Waals surface area contributed by atoms with Gasteiger partial charge in [0.25, 0.3) is 0 Å². The molecule has 1 atom stereocenters. The molecule has 0 radical (unpaired) electrons. The van der Waals surface area contributed by atoms with Gasteiger partial charge >= 0.3 is 0 Å². The van der Waals surface area contributed by atoms with E-state index in [9.17, 15) is 0 Å². The van der Waals surface area contributed by atoms with Gasteiger partial charge in [-0.3, -0.25) is 0 Å². The maximum absolute atomic E-state index is 3.43. The SMILES string of the molecule is CCCCCCC(NC)c1cscc1C. The van der Waals surface area contributed by atoms with Crippen LogP contribution in [0, 0.1) is 6.92 Å². The molecule has 0 saturated carbocycles. The van der Waals surface area contributed by atoms with Crippen molar-refractivity contribution in [2.45, 2.75) is 52.0 Å². The molecule has 1 unspecified atom stereocenters. The maximum atomic E-state index is 3.43. The van der Waals surface area contributed by atoms with Crippen LogP contribution < -0.4 is 5.32 Å². The van der Waals surface area contributed by atoms with Gasteiger partial charge in [-0.15, -0.1) is 0 Å². The van der Waals surface area contributed by atoms with E-state index >= 15 is 0 Å². The summed E-state index contributed by atoms with van der Waals surface area (Å²) in [7, 11) is 2.07. The molecule has 0 amide bonds. The van der Waals surface area contributed by atoms with Gasteiger partial charge in [0.05, 0.1) is 0 Å². The molecule has 1 aromatic heterocycles. The van der Waals surface area contributed by atoms with Gasteiger partial charge in [0, 0.05) is 6.04 Å². The lowest BCUT2D eigenvalue weighted by Crippen LogP contribution is -2.16. The van der Waals surface area contributed by atoms with Crippen molar-refractivity contribution < 1.29 is 0 Å². The summed E-state index contributed by atoms with van der Waals surface area (Å²) in [5.41, 5.74) is 2.94. The number of nitrogens with one attached hydrogen (secondary N) is 1. The molecule has 0 aliphatic rings. The number of hydrogen-bond donors (Lipinski definition) is 1. The molecule has 0 aliphatic carbocycles. The Kier molecular flexibility index (Phi) is 5.96. The van der Waals surface area contributed by atoms with Crippen LogP contribution in [0.2, 0.25) is 0 Å².